The third kappa shape index (κ3) is 6.42. The maximum atomic E-state index is 10.6. The molecule has 11 heavy (non-hydrogen) atoms. The summed E-state index contributed by atoms with van der Waals surface area (Å²) in [5.41, 5.74) is 0. The Hall–Kier alpha value is 0.0231. The van der Waals surface area contributed by atoms with Gasteiger partial charge < -0.3 is 5.11 Å². The fraction of sp³-hybridized carbons (Fsp3) is 0.714. The largest absolute Gasteiger partial charge is 0.481 e. The van der Waals surface area contributed by atoms with Crippen LogP contribution >= 0.6 is 0 Å². The Morgan fingerprint density at radius 1 is 1.45 bits per heavy atom. The molecule has 0 aromatic carbocycles. The van der Waals surface area contributed by atoms with Crippen LogP contribution in [0.3, 0.4) is 0 Å². The SMILES string of the molecule is CCC(CC(=O)O)C(C)=O.[Zr]. The number of carboxylic acid groups (broad SMARTS) is 1. The van der Waals surface area contributed by atoms with Gasteiger partial charge in [-0.1, -0.05) is 6.92 Å². The van der Waals surface area contributed by atoms with Gasteiger partial charge >= 0.3 is 5.97 Å². The molecule has 1 atom stereocenters. The third-order valence-electron chi connectivity index (χ3n) is 1.49. The Morgan fingerprint density at radius 2 is 1.91 bits per heavy atom. The number of carbonyl (C=O) groups is 2. The molecule has 0 aliphatic carbocycles. The van der Waals surface area contributed by atoms with E-state index in [1.807, 2.05) is 6.92 Å². The van der Waals surface area contributed by atoms with Crippen LogP contribution in [-0.2, 0) is 35.8 Å². The molecule has 0 aliphatic heterocycles. The Bertz CT molecular complexity index is 145. The summed E-state index contributed by atoms with van der Waals surface area (Å²) in [6.07, 6.45) is 0.577. The molecule has 0 heterocycles. The average Bonchev–Trinajstić information content (AvgIpc) is 1.81. The van der Waals surface area contributed by atoms with E-state index < -0.39 is 5.97 Å². The molecule has 0 aliphatic rings. The minimum atomic E-state index is -0.901. The molecule has 1 N–H and O–H groups in total. The van der Waals surface area contributed by atoms with Gasteiger partial charge in [0.15, 0.2) is 0 Å². The summed E-state index contributed by atoms with van der Waals surface area (Å²) in [4.78, 5) is 20.8. The van der Waals surface area contributed by atoms with Gasteiger partial charge in [-0.25, -0.2) is 0 Å². The Balaban J connectivity index is 0. The molecule has 0 saturated heterocycles. The quantitative estimate of drug-likeness (QED) is 0.793. The molecule has 0 aromatic heterocycles. The molecule has 0 bridgehead atoms. The predicted molar refractivity (Wildman–Crippen MR) is 36.7 cm³/mol. The predicted octanol–water partition coefficient (Wildman–Crippen LogP) is 1.07. The molecule has 0 rings (SSSR count). The topological polar surface area (TPSA) is 54.4 Å². The zero-order chi connectivity index (χ0) is 8.15. The summed E-state index contributed by atoms with van der Waals surface area (Å²) >= 11 is 0. The van der Waals surface area contributed by atoms with Crippen LogP contribution in [0.5, 0.6) is 0 Å². The average molecular weight is 235 g/mol. The number of hydrogen-bond acceptors (Lipinski definition) is 2. The van der Waals surface area contributed by atoms with Crippen LogP contribution in [0.4, 0.5) is 0 Å². The molecule has 62 valence electrons. The van der Waals surface area contributed by atoms with Crippen LogP contribution < -0.4 is 0 Å². The van der Waals surface area contributed by atoms with E-state index in [0.717, 1.165) is 0 Å². The van der Waals surface area contributed by atoms with Crippen molar-refractivity contribution in [3.8, 4) is 0 Å². The zero-order valence-corrected chi connectivity index (χ0v) is 9.21. The van der Waals surface area contributed by atoms with Gasteiger partial charge in [0, 0.05) is 32.1 Å². The first-order chi connectivity index (χ1) is 4.57. The van der Waals surface area contributed by atoms with Gasteiger partial charge in [0.1, 0.15) is 5.78 Å². The molecule has 0 aromatic rings. The molecule has 0 fully saturated rings. The van der Waals surface area contributed by atoms with Crippen molar-refractivity contribution in [2.45, 2.75) is 26.7 Å². The summed E-state index contributed by atoms with van der Waals surface area (Å²) in [5.74, 6) is -1.23. The fourth-order valence-electron chi connectivity index (χ4n) is 0.786. The monoisotopic (exact) mass is 234 g/mol. The van der Waals surface area contributed by atoms with E-state index in [0.29, 0.717) is 6.42 Å². The van der Waals surface area contributed by atoms with Crippen molar-refractivity contribution in [3.63, 3.8) is 0 Å². The molecule has 0 amide bonds. The molecular formula is C7H12O3Zr. The van der Waals surface area contributed by atoms with Crippen molar-refractivity contribution in [3.05, 3.63) is 0 Å². The minimum absolute atomic E-state index is 0. The number of hydrogen-bond donors (Lipinski definition) is 1. The number of Topliss-reactive ketones (excluding diaryl/α,β-unsaturated/α-hetero) is 1. The number of ketones is 1. The van der Waals surface area contributed by atoms with E-state index in [4.69, 9.17) is 5.11 Å². The molecule has 0 spiro atoms. The molecule has 3 nitrogen and oxygen atoms in total. The van der Waals surface area contributed by atoms with Crippen molar-refractivity contribution in [2.24, 2.45) is 5.92 Å². The minimum Gasteiger partial charge on any atom is -0.481 e. The van der Waals surface area contributed by atoms with Crippen LogP contribution in [0.1, 0.15) is 26.7 Å². The van der Waals surface area contributed by atoms with Crippen LogP contribution in [0.2, 0.25) is 0 Å². The maximum absolute atomic E-state index is 10.6. The van der Waals surface area contributed by atoms with Gasteiger partial charge in [-0.15, -0.1) is 0 Å². The Labute approximate surface area is 85.3 Å². The third-order valence-corrected chi connectivity index (χ3v) is 1.49. The first-order valence-electron chi connectivity index (χ1n) is 3.30. The summed E-state index contributed by atoms with van der Waals surface area (Å²) < 4.78 is 0. The van der Waals surface area contributed by atoms with Gasteiger partial charge in [-0.3, -0.25) is 9.59 Å². The van der Waals surface area contributed by atoms with Gasteiger partial charge in [0.25, 0.3) is 0 Å². The van der Waals surface area contributed by atoms with Crippen molar-refractivity contribution < 1.29 is 40.9 Å². The molecule has 4 heteroatoms. The number of carboxylic acids is 1. The first kappa shape index (κ1) is 13.6. The van der Waals surface area contributed by atoms with Crippen molar-refractivity contribution >= 4 is 11.8 Å². The molecular weight excluding hydrogens is 223 g/mol. The number of carbonyl (C=O) groups excluding carboxylic acids is 1. The maximum Gasteiger partial charge on any atom is 0.304 e. The first-order valence-corrected chi connectivity index (χ1v) is 3.30. The smallest absolute Gasteiger partial charge is 0.304 e. The standard InChI is InChI=1S/C7H12O3.Zr/c1-3-6(5(2)8)4-7(9)10;/h6H,3-4H2,1-2H3,(H,9,10);. The van der Waals surface area contributed by atoms with Crippen molar-refractivity contribution in [2.75, 3.05) is 0 Å². The van der Waals surface area contributed by atoms with Crippen molar-refractivity contribution in [1.29, 1.82) is 0 Å². The molecule has 1 unspecified atom stereocenters. The van der Waals surface area contributed by atoms with Crippen LogP contribution in [-0.4, -0.2) is 16.9 Å². The van der Waals surface area contributed by atoms with E-state index in [1.165, 1.54) is 6.92 Å². The van der Waals surface area contributed by atoms with E-state index in [-0.39, 0.29) is 44.3 Å². The summed E-state index contributed by atoms with van der Waals surface area (Å²) in [6.45, 7) is 3.24. The van der Waals surface area contributed by atoms with Gasteiger partial charge in [0.05, 0.1) is 6.42 Å². The van der Waals surface area contributed by atoms with Gasteiger partial charge in [-0.2, -0.15) is 0 Å². The summed E-state index contributed by atoms with van der Waals surface area (Å²) in [7, 11) is 0. The van der Waals surface area contributed by atoms with Crippen molar-refractivity contribution in [1.82, 2.24) is 0 Å². The van der Waals surface area contributed by atoms with E-state index in [9.17, 15) is 9.59 Å². The van der Waals surface area contributed by atoms with Crippen LogP contribution in [0, 0.1) is 5.92 Å². The number of rotatable bonds is 4. The molecule has 0 radical (unpaired) electrons. The van der Waals surface area contributed by atoms with E-state index >= 15 is 0 Å². The molecule has 0 saturated carbocycles. The van der Waals surface area contributed by atoms with Gasteiger partial charge in [-0.05, 0) is 13.3 Å². The second kappa shape index (κ2) is 6.72. The summed E-state index contributed by atoms with van der Waals surface area (Å²) in [5, 5.41) is 8.31. The second-order valence-corrected chi connectivity index (χ2v) is 2.31. The van der Waals surface area contributed by atoms with E-state index in [2.05, 4.69) is 0 Å². The Kier molecular flexibility index (Phi) is 8.30. The summed E-state index contributed by atoms with van der Waals surface area (Å²) in [6, 6.07) is 0. The Morgan fingerprint density at radius 3 is 2.00 bits per heavy atom. The van der Waals surface area contributed by atoms with E-state index in [1.54, 1.807) is 0 Å². The fourth-order valence-corrected chi connectivity index (χ4v) is 0.786. The van der Waals surface area contributed by atoms with Crippen LogP contribution in [0.25, 0.3) is 0 Å². The normalized spacial score (nSPS) is 11.5. The van der Waals surface area contributed by atoms with Crippen LogP contribution in [0.15, 0.2) is 0 Å². The zero-order valence-electron chi connectivity index (χ0n) is 6.76. The second-order valence-electron chi connectivity index (χ2n) is 2.31. The number of aliphatic carboxylic acids is 1. The van der Waals surface area contributed by atoms with Gasteiger partial charge in [0.2, 0.25) is 0 Å².